The third kappa shape index (κ3) is 30.0. The second-order valence-corrected chi connectivity index (χ2v) is 12.4. The number of ether oxygens (including phenoxy) is 2. The third-order valence-corrected chi connectivity index (χ3v) is 7.61. The third-order valence-electron chi connectivity index (χ3n) is 7.13. The molecule has 0 radical (unpaired) electrons. The van der Waals surface area contributed by atoms with Crippen LogP contribution in [-0.2, 0) is 28.2 Å². The van der Waals surface area contributed by atoms with Gasteiger partial charge in [-0.15, -0.1) is 0 Å². The zero-order chi connectivity index (χ0) is 29.7. The molecule has 238 valence electrons. The summed E-state index contributed by atoms with van der Waals surface area (Å²) in [5.74, 6) is -0.917. The van der Waals surface area contributed by atoms with E-state index in [0.717, 1.165) is 19.3 Å². The second-order valence-electron chi connectivity index (χ2n) is 11.2. The van der Waals surface area contributed by atoms with E-state index in [-0.39, 0.29) is 19.4 Å². The minimum atomic E-state index is -4.72. The monoisotopic (exact) mass is 592 g/mol. The van der Waals surface area contributed by atoms with Gasteiger partial charge in [0.05, 0.1) is 6.61 Å². The van der Waals surface area contributed by atoms with E-state index >= 15 is 0 Å². The van der Waals surface area contributed by atoms with E-state index in [0.29, 0.717) is 12.8 Å². The lowest BCUT2D eigenvalue weighted by Gasteiger charge is -2.18. The molecule has 1 atom stereocenters. The van der Waals surface area contributed by atoms with Crippen LogP contribution in [0.4, 0.5) is 0 Å². The number of hydrogen-bond acceptors (Lipinski definition) is 6. The van der Waals surface area contributed by atoms with Gasteiger partial charge in [-0.2, -0.15) is 0 Å². The number of phosphoric acid groups is 1. The summed E-state index contributed by atoms with van der Waals surface area (Å²) < 4.78 is 25.8. The average molecular weight is 593 g/mol. The Kier molecular flexibility index (Phi) is 27.5. The molecular weight excluding hydrogens is 531 g/mol. The molecule has 0 saturated heterocycles. The Bertz CT molecular complexity index is 637. The van der Waals surface area contributed by atoms with Crippen LogP contribution in [0, 0.1) is 0 Å². The van der Waals surface area contributed by atoms with Crippen molar-refractivity contribution in [3.05, 3.63) is 0 Å². The largest absolute Gasteiger partial charge is 0.469 e. The van der Waals surface area contributed by atoms with E-state index in [1.165, 1.54) is 109 Å². The summed E-state index contributed by atoms with van der Waals surface area (Å²) in [6.07, 6.45) is 26.7. The Hall–Kier alpha value is -0.950. The van der Waals surface area contributed by atoms with Crippen LogP contribution in [0.15, 0.2) is 0 Å². The van der Waals surface area contributed by atoms with Crippen LogP contribution in [0.25, 0.3) is 0 Å². The van der Waals surface area contributed by atoms with Gasteiger partial charge in [0.15, 0.2) is 6.10 Å². The van der Waals surface area contributed by atoms with Crippen molar-refractivity contribution in [3.63, 3.8) is 0 Å². The maximum Gasteiger partial charge on any atom is 0.469 e. The highest BCUT2D eigenvalue weighted by atomic mass is 31.2. The lowest BCUT2D eigenvalue weighted by atomic mass is 10.0. The van der Waals surface area contributed by atoms with Gasteiger partial charge in [-0.1, -0.05) is 142 Å². The number of unbranched alkanes of at least 4 members (excludes halogenated alkanes) is 20. The summed E-state index contributed by atoms with van der Waals surface area (Å²) >= 11 is 0. The molecule has 1 unspecified atom stereocenters. The molecule has 0 aliphatic heterocycles. The first kappa shape index (κ1) is 39.0. The molecule has 0 aromatic rings. The molecule has 0 aromatic heterocycles. The van der Waals surface area contributed by atoms with Crippen LogP contribution in [0.2, 0.25) is 0 Å². The van der Waals surface area contributed by atoms with Crippen LogP contribution in [0.1, 0.15) is 168 Å². The zero-order valence-corrected chi connectivity index (χ0v) is 26.6. The van der Waals surface area contributed by atoms with E-state index in [2.05, 4.69) is 11.4 Å². The highest BCUT2D eigenvalue weighted by Gasteiger charge is 2.22. The van der Waals surface area contributed by atoms with Gasteiger partial charge in [0.2, 0.25) is 0 Å². The molecule has 8 nitrogen and oxygen atoms in total. The first-order valence-electron chi connectivity index (χ1n) is 16.3. The number of phosphoric ester groups is 1. The predicted molar refractivity (Wildman–Crippen MR) is 161 cm³/mol. The van der Waals surface area contributed by atoms with E-state index < -0.39 is 32.5 Å². The molecule has 0 spiro atoms. The number of carbonyl (C=O) groups is 2. The molecule has 0 aliphatic rings. The molecule has 0 fully saturated rings. The topological polar surface area (TPSA) is 119 Å². The molecule has 9 heteroatoms. The van der Waals surface area contributed by atoms with Crippen molar-refractivity contribution < 1.29 is 37.9 Å². The van der Waals surface area contributed by atoms with Crippen LogP contribution in [-0.4, -0.2) is 41.0 Å². The van der Waals surface area contributed by atoms with Crippen molar-refractivity contribution in [1.82, 2.24) is 0 Å². The molecule has 0 rings (SSSR count). The fourth-order valence-electron chi connectivity index (χ4n) is 4.64. The molecule has 0 aliphatic carbocycles. The van der Waals surface area contributed by atoms with E-state index in [1.54, 1.807) is 0 Å². The Labute approximate surface area is 244 Å². The molecule has 2 N–H and O–H groups in total. The Morgan fingerprint density at radius 2 is 0.925 bits per heavy atom. The van der Waals surface area contributed by atoms with E-state index in [4.69, 9.17) is 19.3 Å². The summed E-state index contributed by atoms with van der Waals surface area (Å²) in [6, 6.07) is 0. The van der Waals surface area contributed by atoms with Gasteiger partial charge in [-0.25, -0.2) is 4.57 Å². The maximum atomic E-state index is 12.2. The normalized spacial score (nSPS) is 12.4. The lowest BCUT2D eigenvalue weighted by molar-refractivity contribution is -0.161. The van der Waals surface area contributed by atoms with Crippen molar-refractivity contribution in [2.75, 3.05) is 13.2 Å². The molecular formula is C31H61O8P. The van der Waals surface area contributed by atoms with Crippen LogP contribution >= 0.6 is 7.82 Å². The van der Waals surface area contributed by atoms with Crippen molar-refractivity contribution in [3.8, 4) is 0 Å². The fourth-order valence-corrected chi connectivity index (χ4v) is 5.01. The number of rotatable bonds is 30. The lowest BCUT2D eigenvalue weighted by Crippen LogP contribution is -2.29. The Morgan fingerprint density at radius 3 is 1.32 bits per heavy atom. The maximum absolute atomic E-state index is 12.2. The van der Waals surface area contributed by atoms with Gasteiger partial charge in [0, 0.05) is 12.8 Å². The number of carbonyl (C=O) groups excluding carboxylic acids is 2. The summed E-state index contributed by atoms with van der Waals surface area (Å²) in [4.78, 5) is 41.7. The SMILES string of the molecule is CCCCCCCCCCCCCCCCCCCCCCC(=O)OC(COC(=O)CCCC)COP(=O)(O)O. The van der Waals surface area contributed by atoms with Crippen molar-refractivity contribution in [1.29, 1.82) is 0 Å². The van der Waals surface area contributed by atoms with Crippen LogP contribution in [0.3, 0.4) is 0 Å². The zero-order valence-electron chi connectivity index (χ0n) is 25.8. The van der Waals surface area contributed by atoms with Crippen LogP contribution in [0.5, 0.6) is 0 Å². The van der Waals surface area contributed by atoms with Gasteiger partial charge in [-0.3, -0.25) is 14.1 Å². The fraction of sp³-hybridized carbons (Fsp3) is 0.935. The van der Waals surface area contributed by atoms with Gasteiger partial charge in [0.25, 0.3) is 0 Å². The van der Waals surface area contributed by atoms with E-state index in [1.807, 2.05) is 6.92 Å². The number of esters is 2. The molecule has 0 bridgehead atoms. The quantitative estimate of drug-likeness (QED) is 0.0482. The first-order chi connectivity index (χ1) is 19.3. The van der Waals surface area contributed by atoms with Gasteiger partial charge < -0.3 is 19.3 Å². The molecule has 0 saturated carbocycles. The Morgan fingerprint density at radius 1 is 0.550 bits per heavy atom. The highest BCUT2D eigenvalue weighted by Crippen LogP contribution is 2.35. The summed E-state index contributed by atoms with van der Waals surface area (Å²) in [5, 5.41) is 0. The molecule has 40 heavy (non-hydrogen) atoms. The van der Waals surface area contributed by atoms with E-state index in [9.17, 15) is 14.2 Å². The molecule has 0 heterocycles. The Balaban J connectivity index is 3.67. The van der Waals surface area contributed by atoms with Gasteiger partial charge in [-0.05, 0) is 12.8 Å². The first-order valence-corrected chi connectivity index (χ1v) is 17.9. The van der Waals surface area contributed by atoms with Gasteiger partial charge >= 0.3 is 19.8 Å². The summed E-state index contributed by atoms with van der Waals surface area (Å²) in [7, 11) is -4.72. The predicted octanol–water partition coefficient (Wildman–Crippen LogP) is 8.95. The van der Waals surface area contributed by atoms with Crippen LogP contribution < -0.4 is 0 Å². The number of hydrogen-bond donors (Lipinski definition) is 2. The standard InChI is InChI=1S/C31H61O8P/c1-3-5-7-8-9-10-11-12-13-14-15-16-17-18-19-20-21-22-23-24-26-31(33)39-29(28-38-40(34,35)36)27-37-30(32)25-6-4-2/h29H,3-28H2,1-2H3,(H2,34,35,36). The van der Waals surface area contributed by atoms with Crippen molar-refractivity contribution in [2.24, 2.45) is 0 Å². The van der Waals surface area contributed by atoms with Crippen molar-refractivity contribution >= 4 is 19.8 Å². The average Bonchev–Trinajstić information content (AvgIpc) is 2.91. The second kappa shape index (κ2) is 28.2. The molecule has 0 amide bonds. The highest BCUT2D eigenvalue weighted by molar-refractivity contribution is 7.46. The minimum absolute atomic E-state index is 0.217. The summed E-state index contributed by atoms with van der Waals surface area (Å²) in [5.41, 5.74) is 0. The molecule has 0 aromatic carbocycles. The minimum Gasteiger partial charge on any atom is -0.462 e. The smallest absolute Gasteiger partial charge is 0.462 e. The van der Waals surface area contributed by atoms with Gasteiger partial charge in [0.1, 0.15) is 6.61 Å². The van der Waals surface area contributed by atoms with Crippen molar-refractivity contribution in [2.45, 2.75) is 174 Å². The summed E-state index contributed by atoms with van der Waals surface area (Å²) in [6.45, 7) is 3.41.